The molecule has 34 heavy (non-hydrogen) atoms. The first kappa shape index (κ1) is 30.0. The second kappa shape index (κ2) is 15.7. The highest BCUT2D eigenvalue weighted by molar-refractivity contribution is 7.79. The molecule has 0 aliphatic carbocycles. The van der Waals surface area contributed by atoms with Gasteiger partial charge in [0, 0.05) is 18.6 Å². The van der Waals surface area contributed by atoms with Gasteiger partial charge in [0.25, 0.3) is 0 Å². The van der Waals surface area contributed by atoms with E-state index in [0.717, 1.165) is 18.6 Å². The van der Waals surface area contributed by atoms with Gasteiger partial charge in [0.15, 0.2) is 0 Å². The fourth-order valence-electron chi connectivity index (χ4n) is 2.03. The summed E-state index contributed by atoms with van der Waals surface area (Å²) in [5.41, 5.74) is 1.34. The van der Waals surface area contributed by atoms with Crippen molar-refractivity contribution in [1.82, 2.24) is 0 Å². The number of carboxylic acid groups (broad SMARTS) is 2. The molecule has 0 saturated heterocycles. The Balaban J connectivity index is 0.000000556. The molecule has 0 spiro atoms. The fourth-order valence-corrected chi connectivity index (χ4v) is 2.03. The molecule has 12 heteroatoms. The molecule has 184 valence electrons. The molecule has 2 aromatic rings. The number of carbonyl (C=O) groups is 3. The first-order valence-electron chi connectivity index (χ1n) is 9.41. The van der Waals surface area contributed by atoms with E-state index < -0.39 is 22.3 Å². The van der Waals surface area contributed by atoms with Gasteiger partial charge in [0.2, 0.25) is 0 Å². The van der Waals surface area contributed by atoms with Gasteiger partial charge in [-0.2, -0.15) is 8.42 Å². The van der Waals surface area contributed by atoms with Gasteiger partial charge in [0.1, 0.15) is 11.5 Å². The van der Waals surface area contributed by atoms with Gasteiger partial charge < -0.3 is 20.1 Å². The third-order valence-electron chi connectivity index (χ3n) is 3.25. The average Bonchev–Trinajstić information content (AvgIpc) is 2.70. The molecule has 0 saturated carbocycles. The molecule has 0 atom stereocenters. The fraction of sp³-hybridized carbons (Fsp3) is 0.136. The van der Waals surface area contributed by atoms with Gasteiger partial charge >= 0.3 is 28.3 Å². The number of benzene rings is 2. The number of hydrogen-bond donors (Lipinski definition) is 5. The quantitative estimate of drug-likeness (QED) is 0.163. The summed E-state index contributed by atoms with van der Waals surface area (Å²) in [6.07, 6.45) is 6.02. The highest BCUT2D eigenvalue weighted by atomic mass is 32.3. The van der Waals surface area contributed by atoms with Crippen molar-refractivity contribution in [2.24, 2.45) is 0 Å². The predicted octanol–water partition coefficient (Wildman–Crippen LogP) is 3.33. The smallest absolute Gasteiger partial charge is 0.394 e. The number of hydrogen-bond acceptors (Lipinski definition) is 7. The van der Waals surface area contributed by atoms with Crippen molar-refractivity contribution in [1.29, 1.82) is 0 Å². The summed E-state index contributed by atoms with van der Waals surface area (Å²) in [5, 5.41) is 25.8. The third-order valence-corrected chi connectivity index (χ3v) is 3.25. The number of rotatable bonds is 7. The number of phenols is 1. The van der Waals surface area contributed by atoms with Crippen molar-refractivity contribution in [3.8, 4) is 11.5 Å². The van der Waals surface area contributed by atoms with Crippen LogP contribution >= 0.6 is 0 Å². The van der Waals surface area contributed by atoms with E-state index in [0.29, 0.717) is 23.3 Å². The van der Waals surface area contributed by atoms with Crippen LogP contribution in [0.1, 0.15) is 30.9 Å². The van der Waals surface area contributed by atoms with Crippen molar-refractivity contribution in [3.63, 3.8) is 0 Å². The Morgan fingerprint density at radius 3 is 1.79 bits per heavy atom. The van der Waals surface area contributed by atoms with Crippen LogP contribution in [0.4, 0.5) is 0 Å². The first-order chi connectivity index (χ1) is 15.8. The lowest BCUT2D eigenvalue weighted by atomic mass is 10.2. The summed E-state index contributed by atoms with van der Waals surface area (Å²) in [5.74, 6) is -1.75. The molecule has 0 fully saturated rings. The summed E-state index contributed by atoms with van der Waals surface area (Å²) in [7, 11) is -4.67. The van der Waals surface area contributed by atoms with Crippen LogP contribution in [-0.2, 0) is 24.8 Å². The molecular weight excluding hydrogens is 472 g/mol. The molecule has 11 nitrogen and oxygen atoms in total. The lowest BCUT2D eigenvalue weighted by Gasteiger charge is -2.03. The lowest BCUT2D eigenvalue weighted by Crippen LogP contribution is -2.06. The molecule has 0 unspecified atom stereocenters. The van der Waals surface area contributed by atoms with Crippen molar-refractivity contribution < 1.29 is 52.0 Å². The molecule has 5 N–H and O–H groups in total. The van der Waals surface area contributed by atoms with Crippen LogP contribution in [0.15, 0.2) is 60.7 Å². The highest BCUT2D eigenvalue weighted by Gasteiger charge is 2.03. The summed E-state index contributed by atoms with van der Waals surface area (Å²) in [6.45, 7) is 1.90. The van der Waals surface area contributed by atoms with E-state index in [-0.39, 0.29) is 11.7 Å². The van der Waals surface area contributed by atoms with E-state index in [1.807, 2.05) is 6.92 Å². The normalized spacial score (nSPS) is 10.6. The monoisotopic (exact) mass is 496 g/mol. The largest absolute Gasteiger partial charge is 0.508 e. The minimum atomic E-state index is -4.67. The second-order valence-corrected chi connectivity index (χ2v) is 7.08. The number of esters is 1. The minimum absolute atomic E-state index is 0.127. The van der Waals surface area contributed by atoms with Crippen LogP contribution in [0.3, 0.4) is 0 Å². The number of carbonyl (C=O) groups excluding carboxylic acids is 1. The van der Waals surface area contributed by atoms with Crippen LogP contribution < -0.4 is 4.74 Å². The number of phenolic OH excluding ortho intramolecular Hbond substituents is 1. The van der Waals surface area contributed by atoms with Gasteiger partial charge in [0.05, 0.1) is 0 Å². The van der Waals surface area contributed by atoms with Crippen molar-refractivity contribution >= 4 is 40.5 Å². The summed E-state index contributed by atoms with van der Waals surface area (Å²) in [4.78, 5) is 31.7. The van der Waals surface area contributed by atoms with Gasteiger partial charge in [-0.3, -0.25) is 13.9 Å². The molecule has 0 aliphatic heterocycles. The van der Waals surface area contributed by atoms with E-state index in [9.17, 15) is 14.4 Å². The molecule has 0 bridgehead atoms. The van der Waals surface area contributed by atoms with Gasteiger partial charge in [-0.1, -0.05) is 31.2 Å². The molecular formula is C22H24O11S. The zero-order chi connectivity index (χ0) is 26.1. The Labute approximate surface area is 195 Å². The van der Waals surface area contributed by atoms with E-state index in [1.165, 1.54) is 24.3 Å². The third kappa shape index (κ3) is 18.7. The van der Waals surface area contributed by atoms with Crippen LogP contribution in [0.2, 0.25) is 0 Å². The number of aromatic hydroxyl groups is 1. The standard InChI is InChI=1S/C13H14O4.C9H8O3.H2O4S/c1-2-4-13(16)17-11-6-3-5-10(9-11)7-8-12(14)15;10-8-3-1-2-7(6-8)4-5-9(11)12;1-5(2,3)4/h3,5-9H,2,4H2,1H3,(H,14,15);1-6,10H,(H,11,12);(H2,1,2,3,4)/b8-7+;5-4+;. The highest BCUT2D eigenvalue weighted by Crippen LogP contribution is 2.15. The molecule has 0 aromatic heterocycles. The van der Waals surface area contributed by atoms with Crippen LogP contribution in [0.5, 0.6) is 11.5 Å². The molecule has 2 rings (SSSR count). The van der Waals surface area contributed by atoms with Gasteiger partial charge in [-0.15, -0.1) is 0 Å². The van der Waals surface area contributed by atoms with Crippen LogP contribution in [-0.4, -0.2) is 50.8 Å². The maximum Gasteiger partial charge on any atom is 0.394 e. The summed E-state index contributed by atoms with van der Waals surface area (Å²) < 4.78 is 36.7. The van der Waals surface area contributed by atoms with Crippen LogP contribution in [0, 0.1) is 0 Å². The van der Waals surface area contributed by atoms with Crippen molar-refractivity contribution in [3.05, 3.63) is 71.8 Å². The molecule has 0 radical (unpaired) electrons. The van der Waals surface area contributed by atoms with E-state index >= 15 is 0 Å². The maximum absolute atomic E-state index is 11.3. The number of carboxylic acids is 2. The predicted molar refractivity (Wildman–Crippen MR) is 123 cm³/mol. The molecule has 0 heterocycles. The minimum Gasteiger partial charge on any atom is -0.508 e. The summed E-state index contributed by atoms with van der Waals surface area (Å²) in [6, 6.07) is 13.1. The van der Waals surface area contributed by atoms with E-state index in [1.54, 1.807) is 36.4 Å². The second-order valence-electron chi connectivity index (χ2n) is 6.18. The topological polar surface area (TPSA) is 196 Å². The van der Waals surface area contributed by atoms with Crippen molar-refractivity contribution in [2.75, 3.05) is 0 Å². The Morgan fingerprint density at radius 2 is 1.35 bits per heavy atom. The zero-order valence-corrected chi connectivity index (χ0v) is 18.8. The molecule has 0 aliphatic rings. The lowest BCUT2D eigenvalue weighted by molar-refractivity contribution is -0.134. The summed E-state index contributed by atoms with van der Waals surface area (Å²) >= 11 is 0. The van der Waals surface area contributed by atoms with Gasteiger partial charge in [-0.05, 0) is 54.0 Å². The van der Waals surface area contributed by atoms with E-state index in [4.69, 9.17) is 37.6 Å². The SMILES string of the molecule is CCCC(=O)Oc1cccc(/C=C/C(=O)O)c1.O=C(O)/C=C/c1cccc(O)c1.O=S(=O)(O)O. The Morgan fingerprint density at radius 1 is 0.882 bits per heavy atom. The molecule has 2 aromatic carbocycles. The van der Waals surface area contributed by atoms with Crippen molar-refractivity contribution in [2.45, 2.75) is 19.8 Å². The maximum atomic E-state index is 11.3. The van der Waals surface area contributed by atoms with Crippen LogP contribution in [0.25, 0.3) is 12.2 Å². The van der Waals surface area contributed by atoms with Gasteiger partial charge in [-0.25, -0.2) is 9.59 Å². The zero-order valence-electron chi connectivity index (χ0n) is 17.9. The number of aliphatic carboxylic acids is 2. The number of ether oxygens (including phenoxy) is 1. The molecule has 0 amide bonds. The average molecular weight is 496 g/mol. The Bertz CT molecular complexity index is 1110. The first-order valence-corrected chi connectivity index (χ1v) is 10.8. The Hall–Kier alpha value is -4.00. The van der Waals surface area contributed by atoms with E-state index in [2.05, 4.69) is 0 Å². The Kier molecular flexibility index (Phi) is 13.9.